The van der Waals surface area contributed by atoms with Crippen LogP contribution in [0.1, 0.15) is 0 Å². The maximum absolute atomic E-state index is 9.52. The summed E-state index contributed by atoms with van der Waals surface area (Å²) in [6.45, 7) is 1.35. The molecule has 1 aliphatic heterocycles. The molecule has 1 aromatic rings. The van der Waals surface area contributed by atoms with Crippen molar-refractivity contribution in [3.8, 4) is 0 Å². The monoisotopic (exact) mass is 243 g/mol. The van der Waals surface area contributed by atoms with Crippen molar-refractivity contribution in [2.24, 2.45) is 5.84 Å². The van der Waals surface area contributed by atoms with Crippen LogP contribution in [-0.4, -0.2) is 33.7 Å². The topological polar surface area (TPSA) is 81.8 Å². The standard InChI is InChI=1S/C10H17N3O2S/c11-12-9-2-1-3-10(8-9)13-4-6-16(14,15)7-5-13/h1-3,8,12,14-15H,4-7,11H2. The van der Waals surface area contributed by atoms with E-state index in [1.165, 1.54) is 0 Å². The van der Waals surface area contributed by atoms with Crippen LogP contribution in [0.2, 0.25) is 0 Å². The molecule has 1 saturated heterocycles. The van der Waals surface area contributed by atoms with Gasteiger partial charge in [-0.15, -0.1) is 0 Å². The summed E-state index contributed by atoms with van der Waals surface area (Å²) >= 11 is 0. The molecule has 5 nitrogen and oxygen atoms in total. The van der Waals surface area contributed by atoms with Gasteiger partial charge in [0, 0.05) is 18.8 Å². The number of hydrogen-bond donors (Lipinski definition) is 4. The Morgan fingerprint density at radius 3 is 2.56 bits per heavy atom. The second-order valence-corrected chi connectivity index (χ2v) is 6.31. The van der Waals surface area contributed by atoms with Gasteiger partial charge in [0.25, 0.3) is 0 Å². The minimum Gasteiger partial charge on any atom is -0.368 e. The lowest BCUT2D eigenvalue weighted by Gasteiger charge is -2.41. The van der Waals surface area contributed by atoms with Crippen LogP contribution in [-0.2, 0) is 0 Å². The third kappa shape index (κ3) is 2.59. The fourth-order valence-corrected chi connectivity index (χ4v) is 3.01. The quantitative estimate of drug-likeness (QED) is 0.468. The van der Waals surface area contributed by atoms with Crippen molar-refractivity contribution >= 4 is 22.0 Å². The molecule has 90 valence electrons. The highest BCUT2D eigenvalue weighted by Crippen LogP contribution is 2.41. The van der Waals surface area contributed by atoms with Gasteiger partial charge in [-0.25, -0.2) is 0 Å². The van der Waals surface area contributed by atoms with Crippen molar-refractivity contribution in [1.82, 2.24) is 0 Å². The molecular weight excluding hydrogens is 226 g/mol. The molecule has 0 spiro atoms. The Kier molecular flexibility index (Phi) is 3.25. The summed E-state index contributed by atoms with van der Waals surface area (Å²) in [5.74, 6) is 6.25. The van der Waals surface area contributed by atoms with Crippen molar-refractivity contribution in [3.63, 3.8) is 0 Å². The Morgan fingerprint density at radius 2 is 1.94 bits per heavy atom. The zero-order valence-electron chi connectivity index (χ0n) is 8.97. The Morgan fingerprint density at radius 1 is 1.25 bits per heavy atom. The van der Waals surface area contributed by atoms with E-state index in [0.717, 1.165) is 11.4 Å². The van der Waals surface area contributed by atoms with E-state index in [1.807, 2.05) is 24.3 Å². The lowest BCUT2D eigenvalue weighted by Crippen LogP contribution is -2.38. The highest BCUT2D eigenvalue weighted by molar-refractivity contribution is 8.24. The number of nitrogens with two attached hydrogens (primary N) is 1. The molecule has 1 fully saturated rings. The molecule has 1 aromatic carbocycles. The number of nitrogens with one attached hydrogen (secondary N) is 1. The minimum atomic E-state index is -2.32. The van der Waals surface area contributed by atoms with E-state index in [4.69, 9.17) is 5.84 Å². The predicted molar refractivity (Wildman–Crippen MR) is 69.0 cm³/mol. The number of hydrogen-bond acceptors (Lipinski definition) is 5. The highest BCUT2D eigenvalue weighted by atomic mass is 32.3. The Bertz CT molecular complexity index is 363. The van der Waals surface area contributed by atoms with Gasteiger partial charge in [0.2, 0.25) is 0 Å². The molecule has 0 atom stereocenters. The van der Waals surface area contributed by atoms with Crippen molar-refractivity contribution in [2.75, 3.05) is 34.9 Å². The average Bonchev–Trinajstić information content (AvgIpc) is 2.29. The van der Waals surface area contributed by atoms with Crippen molar-refractivity contribution in [2.45, 2.75) is 0 Å². The summed E-state index contributed by atoms with van der Waals surface area (Å²) in [5, 5.41) is 0. The zero-order valence-corrected chi connectivity index (χ0v) is 9.78. The number of anilines is 2. The first kappa shape index (κ1) is 11.5. The molecule has 0 aliphatic carbocycles. The smallest absolute Gasteiger partial charge is 0.0550 e. The zero-order chi connectivity index (χ0) is 11.6. The van der Waals surface area contributed by atoms with Gasteiger partial charge in [0.05, 0.1) is 17.2 Å². The first-order valence-corrected chi connectivity index (χ1v) is 7.04. The molecule has 0 bridgehead atoms. The lowest BCUT2D eigenvalue weighted by atomic mass is 10.2. The fraction of sp³-hybridized carbons (Fsp3) is 0.400. The summed E-state index contributed by atoms with van der Waals surface area (Å²) in [5.41, 5.74) is 4.52. The Labute approximate surface area is 96.6 Å². The van der Waals surface area contributed by atoms with Crippen molar-refractivity contribution in [3.05, 3.63) is 24.3 Å². The van der Waals surface area contributed by atoms with Crippen LogP contribution in [0.3, 0.4) is 0 Å². The molecule has 0 unspecified atom stereocenters. The van der Waals surface area contributed by atoms with E-state index in [0.29, 0.717) is 24.6 Å². The molecule has 1 heterocycles. The van der Waals surface area contributed by atoms with E-state index in [9.17, 15) is 9.11 Å². The Hall–Kier alpha value is -0.950. The summed E-state index contributed by atoms with van der Waals surface area (Å²) in [6.07, 6.45) is 0. The van der Waals surface area contributed by atoms with Gasteiger partial charge >= 0.3 is 0 Å². The third-order valence-electron chi connectivity index (χ3n) is 2.75. The lowest BCUT2D eigenvalue weighted by molar-refractivity contribution is 0.479. The molecule has 0 amide bonds. The van der Waals surface area contributed by atoms with E-state index < -0.39 is 10.6 Å². The molecule has 2 rings (SSSR count). The van der Waals surface area contributed by atoms with Crippen LogP contribution in [0.4, 0.5) is 11.4 Å². The number of benzene rings is 1. The SMILES string of the molecule is NNc1cccc(N2CCS(O)(O)CC2)c1. The van der Waals surface area contributed by atoms with E-state index in [-0.39, 0.29) is 0 Å². The third-order valence-corrected chi connectivity index (χ3v) is 4.43. The number of nitrogen functional groups attached to an aromatic ring is 1. The summed E-state index contributed by atoms with van der Waals surface area (Å²) in [6, 6.07) is 7.77. The number of rotatable bonds is 2. The van der Waals surface area contributed by atoms with Crippen molar-refractivity contribution in [1.29, 1.82) is 0 Å². The first-order chi connectivity index (χ1) is 7.61. The first-order valence-electron chi connectivity index (χ1n) is 5.16. The normalized spacial score (nSPS) is 21.6. The molecule has 0 aromatic heterocycles. The van der Waals surface area contributed by atoms with Crippen LogP contribution in [0.25, 0.3) is 0 Å². The summed E-state index contributed by atoms with van der Waals surface area (Å²) < 4.78 is 19.0. The highest BCUT2D eigenvalue weighted by Gasteiger charge is 2.22. The molecule has 0 radical (unpaired) electrons. The largest absolute Gasteiger partial charge is 0.368 e. The van der Waals surface area contributed by atoms with Gasteiger partial charge in [-0.05, 0) is 18.2 Å². The fourth-order valence-electron chi connectivity index (χ4n) is 1.78. The van der Waals surface area contributed by atoms with Crippen LogP contribution in [0, 0.1) is 0 Å². The van der Waals surface area contributed by atoms with Gasteiger partial charge in [0.1, 0.15) is 0 Å². The van der Waals surface area contributed by atoms with E-state index >= 15 is 0 Å². The van der Waals surface area contributed by atoms with Crippen molar-refractivity contribution < 1.29 is 9.11 Å². The van der Waals surface area contributed by atoms with Gasteiger partial charge in [0.15, 0.2) is 0 Å². The predicted octanol–water partition coefficient (Wildman–Crippen LogP) is 1.54. The molecule has 5 N–H and O–H groups in total. The van der Waals surface area contributed by atoms with Crippen LogP contribution < -0.4 is 16.2 Å². The van der Waals surface area contributed by atoms with Gasteiger partial charge in [-0.1, -0.05) is 6.07 Å². The number of nitrogens with zero attached hydrogens (tertiary/aromatic N) is 1. The molecule has 16 heavy (non-hydrogen) atoms. The maximum atomic E-state index is 9.52. The Balaban J connectivity index is 2.08. The second-order valence-electron chi connectivity index (χ2n) is 3.89. The van der Waals surface area contributed by atoms with Crippen LogP contribution >= 0.6 is 10.6 Å². The second kappa shape index (κ2) is 4.50. The summed E-state index contributed by atoms with van der Waals surface area (Å²) in [7, 11) is -2.32. The molecule has 6 heteroatoms. The van der Waals surface area contributed by atoms with Gasteiger partial charge in [-0.3, -0.25) is 14.9 Å². The van der Waals surface area contributed by atoms with Gasteiger partial charge in [-0.2, -0.15) is 10.6 Å². The number of hydrazine groups is 1. The van der Waals surface area contributed by atoms with E-state index in [1.54, 1.807) is 0 Å². The summed E-state index contributed by atoms with van der Waals surface area (Å²) in [4.78, 5) is 2.14. The maximum Gasteiger partial charge on any atom is 0.0550 e. The van der Waals surface area contributed by atoms with E-state index in [2.05, 4.69) is 10.3 Å². The van der Waals surface area contributed by atoms with Gasteiger partial charge < -0.3 is 10.3 Å². The van der Waals surface area contributed by atoms with Crippen LogP contribution in [0.5, 0.6) is 0 Å². The average molecular weight is 243 g/mol. The van der Waals surface area contributed by atoms with Crippen LogP contribution in [0.15, 0.2) is 24.3 Å². The minimum absolute atomic E-state index is 0.452. The molecular formula is C10H17N3O2S. The molecule has 1 aliphatic rings. The molecule has 0 saturated carbocycles.